The number of hydrogen-bond acceptors (Lipinski definition) is 4. The number of fused-ring (bicyclic) bond motifs is 7. The third kappa shape index (κ3) is 8.12. The van der Waals surface area contributed by atoms with Crippen molar-refractivity contribution in [3.8, 4) is 32.8 Å². The van der Waals surface area contributed by atoms with Gasteiger partial charge in [0, 0.05) is 33.4 Å². The van der Waals surface area contributed by atoms with E-state index in [0.29, 0.717) is 0 Å². The second-order valence-corrected chi connectivity index (χ2v) is 19.8. The molecule has 0 fully saturated rings. The van der Waals surface area contributed by atoms with Crippen molar-refractivity contribution in [3.63, 3.8) is 0 Å². The number of nitrogens with zero attached hydrogens (tertiary/aromatic N) is 2. The van der Waals surface area contributed by atoms with Crippen LogP contribution in [0.4, 0.5) is 17.1 Å². The Morgan fingerprint density at radius 1 is 0.423 bits per heavy atom. The molecule has 0 bridgehead atoms. The third-order valence-electron chi connectivity index (χ3n) is 14.5. The van der Waals surface area contributed by atoms with Gasteiger partial charge in [0.2, 0.25) is 0 Å². The fraction of sp³-hybridized carbons (Fsp3) is 0.0597. The summed E-state index contributed by atoms with van der Waals surface area (Å²) in [6.07, 6.45) is 0.909. The number of rotatable bonds is 11. The molecule has 3 nitrogen and oxygen atoms in total. The SMILES string of the molecule is CC(c1ccc2c(ccc3cc(N(c4ccc(-c5ccccc5)cc4)c4ccc(-c5nc6ccccc6s5)cc4)ccc32)c1)C(Cc1ccc(-c2ccccc2)cc1)c1ccc2oc3ccccc3c2c1. The van der Waals surface area contributed by atoms with Gasteiger partial charge in [0.25, 0.3) is 0 Å². The summed E-state index contributed by atoms with van der Waals surface area (Å²) in [6, 6.07) is 90.4. The number of furan rings is 1. The average Bonchev–Trinajstić information content (AvgIpc) is 4.05. The minimum Gasteiger partial charge on any atom is -0.456 e. The highest BCUT2D eigenvalue weighted by Gasteiger charge is 2.24. The van der Waals surface area contributed by atoms with Crippen molar-refractivity contribution in [1.82, 2.24) is 4.98 Å². The van der Waals surface area contributed by atoms with E-state index in [0.717, 1.165) is 56.1 Å². The molecule has 0 amide bonds. The van der Waals surface area contributed by atoms with Crippen LogP contribution < -0.4 is 4.90 Å². The fourth-order valence-electron chi connectivity index (χ4n) is 10.6. The molecule has 338 valence electrons. The van der Waals surface area contributed by atoms with Crippen molar-refractivity contribution in [2.75, 3.05) is 4.90 Å². The first kappa shape index (κ1) is 42.5. The second kappa shape index (κ2) is 18.1. The van der Waals surface area contributed by atoms with E-state index < -0.39 is 0 Å². The highest BCUT2D eigenvalue weighted by Crippen LogP contribution is 2.43. The monoisotopic (exact) mass is 928 g/mol. The van der Waals surface area contributed by atoms with Crippen LogP contribution in [-0.2, 0) is 6.42 Å². The summed E-state index contributed by atoms with van der Waals surface area (Å²) >= 11 is 1.73. The summed E-state index contributed by atoms with van der Waals surface area (Å²) in [4.78, 5) is 7.32. The van der Waals surface area contributed by atoms with Crippen molar-refractivity contribution in [3.05, 3.63) is 265 Å². The lowest BCUT2D eigenvalue weighted by Gasteiger charge is -2.27. The van der Waals surface area contributed by atoms with E-state index in [1.165, 1.54) is 70.6 Å². The molecule has 13 aromatic rings. The lowest BCUT2D eigenvalue weighted by molar-refractivity contribution is 0.573. The fourth-order valence-corrected chi connectivity index (χ4v) is 11.6. The summed E-state index contributed by atoms with van der Waals surface area (Å²) in [5, 5.41) is 8.29. The maximum atomic E-state index is 6.30. The number of anilines is 3. The van der Waals surface area contributed by atoms with Gasteiger partial charge in [-0.3, -0.25) is 0 Å². The van der Waals surface area contributed by atoms with Crippen molar-refractivity contribution < 1.29 is 4.42 Å². The van der Waals surface area contributed by atoms with Gasteiger partial charge in [-0.1, -0.05) is 177 Å². The van der Waals surface area contributed by atoms with Crippen LogP contribution in [-0.4, -0.2) is 4.98 Å². The molecule has 0 spiro atoms. The first-order valence-electron chi connectivity index (χ1n) is 24.5. The molecular formula is C67H48N2OS. The summed E-state index contributed by atoms with van der Waals surface area (Å²) in [5.41, 5.74) is 16.1. The highest BCUT2D eigenvalue weighted by molar-refractivity contribution is 7.21. The molecule has 2 aromatic heterocycles. The van der Waals surface area contributed by atoms with Crippen molar-refractivity contribution in [1.29, 1.82) is 0 Å². The van der Waals surface area contributed by atoms with E-state index >= 15 is 0 Å². The van der Waals surface area contributed by atoms with Gasteiger partial charge in [-0.25, -0.2) is 4.98 Å². The predicted molar refractivity (Wildman–Crippen MR) is 301 cm³/mol. The van der Waals surface area contributed by atoms with Crippen molar-refractivity contribution >= 4 is 82.1 Å². The van der Waals surface area contributed by atoms with E-state index in [1.54, 1.807) is 11.3 Å². The highest BCUT2D eigenvalue weighted by atomic mass is 32.1. The Kier molecular flexibility index (Phi) is 10.8. The molecule has 0 saturated heterocycles. The number of hydrogen-bond donors (Lipinski definition) is 0. The lowest BCUT2D eigenvalue weighted by atomic mass is 9.78. The Bertz CT molecular complexity index is 3990. The summed E-state index contributed by atoms with van der Waals surface area (Å²) in [5.74, 6) is 0.448. The zero-order valence-corrected chi connectivity index (χ0v) is 40.1. The standard InChI is InChI=1S/C67H48N2OS/c1-44(61(40-45-20-22-48(23-21-45)46-12-4-2-5-13-46)54-31-39-65-62(43-54)60-16-8-10-18-64(60)70-65)51-30-37-58-52(41-51)24-25-53-42-57(36-38-59(53)58)69(55-32-26-49(27-33-55)47-14-6-3-7-15-47)56-34-28-50(29-35-56)67-68-63-17-9-11-19-66(63)71-67/h2-39,41-44,61H,40H2,1H3. The maximum absolute atomic E-state index is 6.30. The molecule has 11 aromatic carbocycles. The van der Waals surface area contributed by atoms with Gasteiger partial charge in [0.05, 0.1) is 10.2 Å². The van der Waals surface area contributed by atoms with Gasteiger partial charge >= 0.3 is 0 Å². The topological polar surface area (TPSA) is 29.3 Å². The Morgan fingerprint density at radius 2 is 0.972 bits per heavy atom. The minimum absolute atomic E-state index is 0.221. The van der Waals surface area contributed by atoms with Gasteiger partial charge < -0.3 is 9.32 Å². The summed E-state index contributed by atoms with van der Waals surface area (Å²) < 4.78 is 7.50. The normalized spacial score (nSPS) is 12.5. The third-order valence-corrected chi connectivity index (χ3v) is 15.6. The Hall–Kier alpha value is -8.57. The summed E-state index contributed by atoms with van der Waals surface area (Å²) in [6.45, 7) is 2.40. The number of benzene rings is 11. The zero-order chi connectivity index (χ0) is 47.3. The quantitative estimate of drug-likeness (QED) is 0.121. The average molecular weight is 929 g/mol. The lowest BCUT2D eigenvalue weighted by Crippen LogP contribution is -2.12. The minimum atomic E-state index is 0.221. The largest absolute Gasteiger partial charge is 0.456 e. The molecule has 2 atom stereocenters. The van der Waals surface area contributed by atoms with Gasteiger partial charge in [-0.2, -0.15) is 0 Å². The van der Waals surface area contributed by atoms with Gasteiger partial charge in [-0.15, -0.1) is 11.3 Å². The van der Waals surface area contributed by atoms with Gasteiger partial charge in [-0.05, 0) is 158 Å². The molecule has 0 aliphatic rings. The first-order chi connectivity index (χ1) is 35.1. The smallest absolute Gasteiger partial charge is 0.135 e. The van der Waals surface area contributed by atoms with Crippen LogP contribution in [0.25, 0.3) is 86.5 Å². The van der Waals surface area contributed by atoms with Crippen LogP contribution in [0, 0.1) is 0 Å². The van der Waals surface area contributed by atoms with Crippen molar-refractivity contribution in [2.45, 2.75) is 25.2 Å². The molecule has 0 aliphatic heterocycles. The first-order valence-corrected chi connectivity index (χ1v) is 25.3. The predicted octanol–water partition coefficient (Wildman–Crippen LogP) is 19.1. The van der Waals surface area contributed by atoms with Gasteiger partial charge in [0.1, 0.15) is 16.2 Å². The molecule has 2 heterocycles. The van der Waals surface area contributed by atoms with Crippen LogP contribution >= 0.6 is 11.3 Å². The molecule has 0 radical (unpaired) electrons. The van der Waals surface area contributed by atoms with E-state index in [9.17, 15) is 0 Å². The molecule has 2 unspecified atom stereocenters. The summed E-state index contributed by atoms with van der Waals surface area (Å²) in [7, 11) is 0. The molecule has 0 saturated carbocycles. The van der Waals surface area contributed by atoms with Crippen LogP contribution in [0.1, 0.15) is 35.4 Å². The molecular weight excluding hydrogens is 881 g/mol. The van der Waals surface area contributed by atoms with E-state index in [4.69, 9.17) is 9.40 Å². The Morgan fingerprint density at radius 3 is 1.68 bits per heavy atom. The van der Waals surface area contributed by atoms with Crippen molar-refractivity contribution in [2.24, 2.45) is 0 Å². The molecule has 0 aliphatic carbocycles. The van der Waals surface area contributed by atoms with Crippen LogP contribution in [0.2, 0.25) is 0 Å². The molecule has 71 heavy (non-hydrogen) atoms. The van der Waals surface area contributed by atoms with E-state index in [1.807, 2.05) is 6.07 Å². The molecule has 13 rings (SSSR count). The van der Waals surface area contributed by atoms with E-state index in [2.05, 4.69) is 254 Å². The second-order valence-electron chi connectivity index (χ2n) is 18.7. The van der Waals surface area contributed by atoms with Gasteiger partial charge in [0.15, 0.2) is 0 Å². The molecule has 0 N–H and O–H groups in total. The number of para-hydroxylation sites is 2. The number of aromatic nitrogens is 1. The van der Waals surface area contributed by atoms with Crippen LogP contribution in [0.3, 0.4) is 0 Å². The van der Waals surface area contributed by atoms with E-state index in [-0.39, 0.29) is 11.8 Å². The van der Waals surface area contributed by atoms with Crippen LogP contribution in [0.15, 0.2) is 253 Å². The zero-order valence-electron chi connectivity index (χ0n) is 39.2. The number of thiazole rings is 1. The maximum Gasteiger partial charge on any atom is 0.135 e. The Balaban J connectivity index is 0.851. The Labute approximate surface area is 417 Å². The van der Waals surface area contributed by atoms with Crippen LogP contribution in [0.5, 0.6) is 0 Å². The molecule has 4 heteroatoms.